The van der Waals surface area contributed by atoms with E-state index in [-0.39, 0.29) is 0 Å². The first-order valence-corrected chi connectivity index (χ1v) is 7.37. The van der Waals surface area contributed by atoms with Crippen LogP contribution >= 0.6 is 11.6 Å². The average molecular weight is 300 g/mol. The maximum absolute atomic E-state index is 6.20. The molecule has 0 aliphatic carbocycles. The van der Waals surface area contributed by atoms with Crippen molar-refractivity contribution < 1.29 is 0 Å². The van der Waals surface area contributed by atoms with Crippen molar-refractivity contribution in [2.75, 3.05) is 30.4 Å². The number of nitrogens with zero attached hydrogens (tertiary/aromatic N) is 1. The molecule has 1 heterocycles. The van der Waals surface area contributed by atoms with E-state index in [1.165, 1.54) is 5.57 Å². The summed E-state index contributed by atoms with van der Waals surface area (Å²) in [6.45, 7) is 1.64. The van der Waals surface area contributed by atoms with E-state index in [0.717, 1.165) is 35.2 Å². The summed E-state index contributed by atoms with van der Waals surface area (Å²) in [5, 5.41) is 7.35. The van der Waals surface area contributed by atoms with Gasteiger partial charge in [0, 0.05) is 30.8 Å². The molecule has 0 saturated carbocycles. The molecule has 0 spiro atoms. The lowest BCUT2D eigenvalue weighted by atomic mass is 10.2. The first-order chi connectivity index (χ1) is 10.3. The maximum Gasteiger partial charge on any atom is 0.0664 e. The molecule has 1 aliphatic heterocycles. The van der Waals surface area contributed by atoms with Crippen molar-refractivity contribution >= 4 is 28.7 Å². The molecule has 0 unspecified atom stereocenters. The standard InChI is InChI=1S/C17H18ClN3/c1-19-10-13-11-20-16-8-7-14(18)9-17(16)21(12-13)15-5-3-2-4-6-15/h2-10,19-20H,11-12H2,1H3. The monoisotopic (exact) mass is 299 g/mol. The van der Waals surface area contributed by atoms with Crippen LogP contribution in [0.3, 0.4) is 0 Å². The van der Waals surface area contributed by atoms with Crippen LogP contribution in [0.2, 0.25) is 5.02 Å². The summed E-state index contributed by atoms with van der Waals surface area (Å²) in [5.74, 6) is 0. The molecule has 2 aromatic rings. The van der Waals surface area contributed by atoms with Gasteiger partial charge in [0.05, 0.1) is 11.4 Å². The predicted octanol–water partition coefficient (Wildman–Crippen LogP) is 4.01. The largest absolute Gasteiger partial charge is 0.394 e. The Hall–Kier alpha value is -2.13. The SMILES string of the molecule is CNC=C1CNc2ccc(Cl)cc2N(c2ccccc2)C1. The topological polar surface area (TPSA) is 27.3 Å². The van der Waals surface area contributed by atoms with E-state index in [4.69, 9.17) is 11.6 Å². The van der Waals surface area contributed by atoms with Crippen LogP contribution in [-0.4, -0.2) is 20.1 Å². The summed E-state index contributed by atoms with van der Waals surface area (Å²) in [6, 6.07) is 16.3. The van der Waals surface area contributed by atoms with Gasteiger partial charge in [-0.1, -0.05) is 29.8 Å². The van der Waals surface area contributed by atoms with Crippen molar-refractivity contribution in [3.63, 3.8) is 0 Å². The number of hydrogen-bond acceptors (Lipinski definition) is 3. The van der Waals surface area contributed by atoms with E-state index in [0.29, 0.717) is 0 Å². The van der Waals surface area contributed by atoms with Crippen LogP contribution in [0.1, 0.15) is 0 Å². The van der Waals surface area contributed by atoms with Crippen LogP contribution < -0.4 is 15.5 Å². The van der Waals surface area contributed by atoms with Gasteiger partial charge in [0.2, 0.25) is 0 Å². The van der Waals surface area contributed by atoms with Crippen molar-refractivity contribution in [1.82, 2.24) is 5.32 Å². The van der Waals surface area contributed by atoms with Gasteiger partial charge in [0.25, 0.3) is 0 Å². The van der Waals surface area contributed by atoms with Crippen molar-refractivity contribution in [3.05, 3.63) is 65.3 Å². The second-order valence-electron chi connectivity index (χ2n) is 5.03. The van der Waals surface area contributed by atoms with Gasteiger partial charge >= 0.3 is 0 Å². The predicted molar refractivity (Wildman–Crippen MR) is 90.5 cm³/mol. The molecule has 2 N–H and O–H groups in total. The fourth-order valence-corrected chi connectivity index (χ4v) is 2.74. The van der Waals surface area contributed by atoms with Gasteiger partial charge in [0.15, 0.2) is 0 Å². The summed E-state index contributed by atoms with van der Waals surface area (Å²) in [4.78, 5) is 2.28. The molecule has 0 radical (unpaired) electrons. The normalized spacial score (nSPS) is 16.1. The van der Waals surface area contributed by atoms with Gasteiger partial charge in [0.1, 0.15) is 0 Å². The molecule has 0 saturated heterocycles. The van der Waals surface area contributed by atoms with Gasteiger partial charge in [-0.2, -0.15) is 0 Å². The number of benzene rings is 2. The van der Waals surface area contributed by atoms with Crippen molar-refractivity contribution in [1.29, 1.82) is 0 Å². The zero-order valence-electron chi connectivity index (χ0n) is 11.9. The highest BCUT2D eigenvalue weighted by Gasteiger charge is 2.19. The fourth-order valence-electron chi connectivity index (χ4n) is 2.57. The lowest BCUT2D eigenvalue weighted by molar-refractivity contribution is 0.983. The molecule has 3 nitrogen and oxygen atoms in total. The average Bonchev–Trinajstić information content (AvgIpc) is 2.68. The van der Waals surface area contributed by atoms with Crippen molar-refractivity contribution in [2.45, 2.75) is 0 Å². The van der Waals surface area contributed by atoms with Gasteiger partial charge in [-0.15, -0.1) is 0 Å². The van der Waals surface area contributed by atoms with E-state index >= 15 is 0 Å². The number of fused-ring (bicyclic) bond motifs is 1. The van der Waals surface area contributed by atoms with E-state index < -0.39 is 0 Å². The number of anilines is 3. The Bertz CT molecular complexity index is 652. The van der Waals surface area contributed by atoms with E-state index in [2.05, 4.69) is 46.0 Å². The summed E-state index contributed by atoms with van der Waals surface area (Å²) < 4.78 is 0. The van der Waals surface area contributed by atoms with E-state index in [1.807, 2.05) is 31.3 Å². The molecule has 0 aromatic heterocycles. The lowest BCUT2D eigenvalue weighted by Gasteiger charge is -2.25. The Morgan fingerprint density at radius 2 is 2.00 bits per heavy atom. The van der Waals surface area contributed by atoms with Crippen molar-refractivity contribution in [3.8, 4) is 0 Å². The van der Waals surface area contributed by atoms with Crippen LogP contribution in [0.4, 0.5) is 17.1 Å². The second kappa shape index (κ2) is 6.10. The zero-order valence-corrected chi connectivity index (χ0v) is 12.7. The summed E-state index contributed by atoms with van der Waals surface area (Å²) in [7, 11) is 1.93. The first kappa shape index (κ1) is 13.8. The van der Waals surface area contributed by atoms with Crippen LogP contribution in [0.15, 0.2) is 60.3 Å². The molecule has 0 fully saturated rings. The van der Waals surface area contributed by atoms with Crippen LogP contribution in [0.25, 0.3) is 0 Å². The Morgan fingerprint density at radius 1 is 1.19 bits per heavy atom. The van der Waals surface area contributed by atoms with Gasteiger partial charge < -0.3 is 15.5 Å². The lowest BCUT2D eigenvalue weighted by Crippen LogP contribution is -2.20. The number of nitrogens with one attached hydrogen (secondary N) is 2. The molecule has 1 aliphatic rings. The Balaban J connectivity index is 2.09. The maximum atomic E-state index is 6.20. The summed E-state index contributed by atoms with van der Waals surface area (Å²) >= 11 is 6.20. The summed E-state index contributed by atoms with van der Waals surface area (Å²) in [5.41, 5.74) is 4.65. The quantitative estimate of drug-likeness (QED) is 0.877. The minimum Gasteiger partial charge on any atom is -0.394 e. The molecule has 108 valence electrons. The number of halogens is 1. The highest BCUT2D eigenvalue weighted by molar-refractivity contribution is 6.31. The first-order valence-electron chi connectivity index (χ1n) is 6.99. The van der Waals surface area contributed by atoms with Crippen molar-refractivity contribution in [2.24, 2.45) is 0 Å². The van der Waals surface area contributed by atoms with Gasteiger partial charge in [-0.3, -0.25) is 0 Å². The molecule has 4 heteroatoms. The third-order valence-corrected chi connectivity index (χ3v) is 3.77. The second-order valence-corrected chi connectivity index (χ2v) is 5.46. The molecule has 0 atom stereocenters. The molecule has 21 heavy (non-hydrogen) atoms. The van der Waals surface area contributed by atoms with Gasteiger partial charge in [-0.05, 0) is 42.1 Å². The minimum absolute atomic E-state index is 0.748. The third-order valence-electron chi connectivity index (χ3n) is 3.53. The number of rotatable bonds is 2. The van der Waals surface area contributed by atoms with Crippen LogP contribution in [0, 0.1) is 0 Å². The smallest absolute Gasteiger partial charge is 0.0664 e. The number of para-hydroxylation sites is 1. The fraction of sp³-hybridized carbons (Fsp3) is 0.176. The molecular weight excluding hydrogens is 282 g/mol. The highest BCUT2D eigenvalue weighted by Crippen LogP contribution is 2.36. The molecular formula is C17H18ClN3. The van der Waals surface area contributed by atoms with Crippen LogP contribution in [0.5, 0.6) is 0 Å². The van der Waals surface area contributed by atoms with E-state index in [1.54, 1.807) is 0 Å². The van der Waals surface area contributed by atoms with E-state index in [9.17, 15) is 0 Å². The van der Waals surface area contributed by atoms with Crippen LogP contribution in [-0.2, 0) is 0 Å². The number of hydrogen-bond donors (Lipinski definition) is 2. The summed E-state index contributed by atoms with van der Waals surface area (Å²) in [6.07, 6.45) is 2.05. The third kappa shape index (κ3) is 2.98. The molecule has 0 bridgehead atoms. The molecule has 2 aromatic carbocycles. The Labute approximate surface area is 130 Å². The Morgan fingerprint density at radius 3 is 2.76 bits per heavy atom. The Kier molecular flexibility index (Phi) is 4.02. The molecule has 0 amide bonds. The minimum atomic E-state index is 0.748. The zero-order chi connectivity index (χ0) is 14.7. The molecule has 3 rings (SSSR count). The van der Waals surface area contributed by atoms with Gasteiger partial charge in [-0.25, -0.2) is 0 Å². The highest BCUT2D eigenvalue weighted by atomic mass is 35.5.